The fourth-order valence-electron chi connectivity index (χ4n) is 1.42. The van der Waals surface area contributed by atoms with Crippen LogP contribution in [0.5, 0.6) is 0 Å². The van der Waals surface area contributed by atoms with Gasteiger partial charge in [-0.1, -0.05) is 22.9 Å². The Morgan fingerprint density at radius 1 is 1.22 bits per heavy atom. The van der Waals surface area contributed by atoms with Crippen molar-refractivity contribution in [2.45, 2.75) is 33.2 Å². The zero-order chi connectivity index (χ0) is 13.8. The zero-order valence-electron chi connectivity index (χ0n) is 11.6. The van der Waals surface area contributed by atoms with Crippen LogP contribution in [-0.4, -0.2) is 24.2 Å². The molecule has 0 unspecified atom stereocenters. The van der Waals surface area contributed by atoms with Gasteiger partial charge in [0.15, 0.2) is 0 Å². The van der Waals surface area contributed by atoms with Crippen LogP contribution in [-0.2, 0) is 4.28 Å². The third-order valence-corrected chi connectivity index (χ3v) is 3.67. The molecule has 0 aliphatic rings. The third-order valence-electron chi connectivity index (χ3n) is 2.46. The fraction of sp³-hybridized carbons (Fsp3) is 0.538. The normalized spacial score (nSPS) is 11.9. The van der Waals surface area contributed by atoms with Crippen LogP contribution in [0, 0.1) is 0 Å². The van der Waals surface area contributed by atoms with E-state index in [1.54, 1.807) is 0 Å². The molecule has 102 valence electrons. The van der Waals surface area contributed by atoms with Crippen molar-refractivity contribution in [1.82, 2.24) is 5.06 Å². The van der Waals surface area contributed by atoms with Crippen LogP contribution in [0.15, 0.2) is 28.7 Å². The molecule has 0 aliphatic carbocycles. The topological polar surface area (TPSA) is 15.7 Å². The molecule has 1 aromatic carbocycles. The van der Waals surface area contributed by atoms with E-state index in [-0.39, 0.29) is 5.54 Å². The summed E-state index contributed by atoms with van der Waals surface area (Å²) in [4.78, 5) is 0. The lowest BCUT2D eigenvalue weighted by Crippen LogP contribution is -2.40. The van der Waals surface area contributed by atoms with Gasteiger partial charge in [-0.25, -0.2) is 4.28 Å². The number of halogens is 1. The van der Waals surface area contributed by atoms with Gasteiger partial charge in [-0.05, 0) is 45.0 Å². The number of nitrogens with zero attached hydrogens (tertiary/aromatic N) is 2. The largest absolute Gasteiger partial charge is 0.295 e. The van der Waals surface area contributed by atoms with E-state index >= 15 is 0 Å². The van der Waals surface area contributed by atoms with Gasteiger partial charge in [0, 0.05) is 29.3 Å². The van der Waals surface area contributed by atoms with Crippen molar-refractivity contribution in [2.75, 3.05) is 17.9 Å². The molecule has 0 aliphatic heterocycles. The quantitative estimate of drug-likeness (QED) is 0.448. The van der Waals surface area contributed by atoms with Gasteiger partial charge < -0.3 is 0 Å². The van der Waals surface area contributed by atoms with Crippen molar-refractivity contribution in [2.24, 2.45) is 0 Å². The van der Waals surface area contributed by atoms with Crippen LogP contribution < -0.4 is 4.31 Å². The van der Waals surface area contributed by atoms with E-state index in [2.05, 4.69) is 43.6 Å². The molecule has 3 nitrogen and oxygen atoms in total. The molecule has 18 heavy (non-hydrogen) atoms. The van der Waals surface area contributed by atoms with Gasteiger partial charge in [-0.3, -0.25) is 4.31 Å². The molecule has 0 atom stereocenters. The van der Waals surface area contributed by atoms with Crippen molar-refractivity contribution in [3.05, 3.63) is 28.7 Å². The van der Waals surface area contributed by atoms with E-state index in [9.17, 15) is 0 Å². The zero-order valence-corrected chi connectivity index (χ0v) is 14.0. The predicted molar refractivity (Wildman–Crippen MR) is 83.4 cm³/mol. The molecule has 0 aromatic heterocycles. The highest BCUT2D eigenvalue weighted by Crippen LogP contribution is 2.26. The molecule has 0 saturated heterocycles. The standard InChI is InChI=1S/C13H21BrN2OS/c1-6-16(13(2,3)4)17-18-15(5)12-9-7-11(14)8-10-12/h7-10H,6H2,1-5H3. The van der Waals surface area contributed by atoms with E-state index in [1.807, 2.05) is 40.7 Å². The van der Waals surface area contributed by atoms with Gasteiger partial charge in [0.05, 0.1) is 0 Å². The van der Waals surface area contributed by atoms with Gasteiger partial charge in [-0.2, -0.15) is 5.06 Å². The Labute approximate surface area is 123 Å². The highest BCUT2D eigenvalue weighted by Gasteiger charge is 2.21. The summed E-state index contributed by atoms with van der Waals surface area (Å²) in [5, 5.41) is 1.97. The summed E-state index contributed by atoms with van der Waals surface area (Å²) in [7, 11) is 1.99. The number of anilines is 1. The van der Waals surface area contributed by atoms with E-state index in [1.165, 1.54) is 12.2 Å². The molecule has 0 radical (unpaired) electrons. The number of benzene rings is 1. The van der Waals surface area contributed by atoms with E-state index in [0.717, 1.165) is 16.7 Å². The average Bonchev–Trinajstić information content (AvgIpc) is 2.28. The Morgan fingerprint density at radius 2 is 1.78 bits per heavy atom. The molecule has 1 aromatic rings. The first-order valence-electron chi connectivity index (χ1n) is 5.96. The number of hydroxylamine groups is 2. The maximum atomic E-state index is 5.77. The van der Waals surface area contributed by atoms with E-state index in [4.69, 9.17) is 4.28 Å². The minimum Gasteiger partial charge on any atom is -0.295 e. The predicted octanol–water partition coefficient (Wildman–Crippen LogP) is 4.50. The van der Waals surface area contributed by atoms with Crippen molar-refractivity contribution in [3.63, 3.8) is 0 Å². The van der Waals surface area contributed by atoms with Gasteiger partial charge in [0.2, 0.25) is 0 Å². The Hall–Kier alpha value is -0.230. The lowest BCUT2D eigenvalue weighted by Gasteiger charge is -2.33. The average molecular weight is 333 g/mol. The van der Waals surface area contributed by atoms with E-state index < -0.39 is 0 Å². The van der Waals surface area contributed by atoms with Crippen LogP contribution in [0.1, 0.15) is 27.7 Å². The minimum atomic E-state index is 0.00229. The second-order valence-electron chi connectivity index (χ2n) is 4.99. The third kappa shape index (κ3) is 4.80. The van der Waals surface area contributed by atoms with Gasteiger partial charge in [-0.15, -0.1) is 0 Å². The second kappa shape index (κ2) is 6.80. The molecule has 0 amide bonds. The summed E-state index contributed by atoms with van der Waals surface area (Å²) >= 11 is 4.77. The van der Waals surface area contributed by atoms with Gasteiger partial charge in [0.25, 0.3) is 0 Å². The lowest BCUT2D eigenvalue weighted by molar-refractivity contribution is -0.105. The molecule has 0 N–H and O–H groups in total. The maximum Gasteiger partial charge on any atom is 0.135 e. The molecule has 0 fully saturated rings. The molecule has 0 bridgehead atoms. The molecule has 5 heteroatoms. The summed E-state index contributed by atoms with van der Waals surface area (Å²) < 4.78 is 8.85. The highest BCUT2D eigenvalue weighted by molar-refractivity contribution is 9.10. The number of hydrogen-bond acceptors (Lipinski definition) is 4. The first-order valence-corrected chi connectivity index (χ1v) is 7.45. The Balaban J connectivity index is 2.55. The maximum absolute atomic E-state index is 5.77. The summed E-state index contributed by atoms with van der Waals surface area (Å²) in [6.07, 6.45) is 0. The summed E-state index contributed by atoms with van der Waals surface area (Å²) in [5.74, 6) is 0. The van der Waals surface area contributed by atoms with Crippen molar-refractivity contribution in [3.8, 4) is 0 Å². The Bertz CT molecular complexity index is 364. The summed E-state index contributed by atoms with van der Waals surface area (Å²) in [6, 6.07) is 8.14. The molecule has 0 spiro atoms. The lowest BCUT2D eigenvalue weighted by atomic mass is 10.1. The highest BCUT2D eigenvalue weighted by atomic mass is 79.9. The summed E-state index contributed by atoms with van der Waals surface area (Å²) in [6.45, 7) is 9.35. The van der Waals surface area contributed by atoms with Crippen LogP contribution in [0.3, 0.4) is 0 Å². The van der Waals surface area contributed by atoms with Crippen molar-refractivity contribution < 1.29 is 4.28 Å². The molecule has 0 saturated carbocycles. The monoisotopic (exact) mass is 332 g/mol. The molecular formula is C13H21BrN2OS. The first kappa shape index (κ1) is 15.8. The van der Waals surface area contributed by atoms with Crippen LogP contribution in [0.2, 0.25) is 0 Å². The SMILES string of the molecule is CCN(OSN(C)c1ccc(Br)cc1)C(C)(C)C. The number of hydrogen-bond donors (Lipinski definition) is 0. The second-order valence-corrected chi connectivity index (χ2v) is 6.75. The number of rotatable bonds is 5. The minimum absolute atomic E-state index is 0.00229. The van der Waals surface area contributed by atoms with Crippen LogP contribution >= 0.6 is 28.2 Å². The fourth-order valence-corrected chi connectivity index (χ4v) is 2.40. The van der Waals surface area contributed by atoms with Crippen LogP contribution in [0.25, 0.3) is 0 Å². The Morgan fingerprint density at radius 3 is 2.22 bits per heavy atom. The van der Waals surface area contributed by atoms with E-state index in [0.29, 0.717) is 0 Å². The smallest absolute Gasteiger partial charge is 0.135 e. The van der Waals surface area contributed by atoms with Crippen molar-refractivity contribution >= 4 is 33.8 Å². The first-order chi connectivity index (χ1) is 8.34. The van der Waals surface area contributed by atoms with Crippen LogP contribution in [0.4, 0.5) is 5.69 Å². The molecular weight excluding hydrogens is 312 g/mol. The van der Waals surface area contributed by atoms with Crippen molar-refractivity contribution in [1.29, 1.82) is 0 Å². The van der Waals surface area contributed by atoms with Gasteiger partial charge >= 0.3 is 0 Å². The summed E-state index contributed by atoms with van der Waals surface area (Å²) in [5.41, 5.74) is 1.11. The van der Waals surface area contributed by atoms with Gasteiger partial charge in [0.1, 0.15) is 12.2 Å². The molecule has 1 rings (SSSR count). The molecule has 0 heterocycles. The Kier molecular flexibility index (Phi) is 5.98.